The van der Waals surface area contributed by atoms with Crippen molar-refractivity contribution in [2.75, 3.05) is 37.8 Å². The number of rotatable bonds is 8. The lowest BCUT2D eigenvalue weighted by atomic mass is 10.3. The third-order valence-corrected chi connectivity index (χ3v) is 7.43. The number of thiazole rings is 1. The number of carbonyl (C=O) groups excluding carboxylic acids is 1. The minimum atomic E-state index is -3.53. The Morgan fingerprint density at radius 2 is 1.79 bits per heavy atom. The Hall–Kier alpha value is -2.00. The fourth-order valence-corrected chi connectivity index (χ4v) is 5.31. The standard InChI is InChI=1S/C20H22ClN3O3S2/c1-23(2)12-13-24(20-22-19-16(21)9-6-10-17(19)28-20)18(25)11-14-29(26,27)15-7-4-3-5-8-15/h3-10H,11-14H2,1-2H3. The molecule has 9 heteroatoms. The number of para-hydroxylation sites is 1. The summed E-state index contributed by atoms with van der Waals surface area (Å²) < 4.78 is 26.0. The van der Waals surface area contributed by atoms with Crippen molar-refractivity contribution in [3.8, 4) is 0 Å². The molecule has 1 heterocycles. The van der Waals surface area contributed by atoms with Crippen LogP contribution in [0.5, 0.6) is 0 Å². The summed E-state index contributed by atoms with van der Waals surface area (Å²) in [5.74, 6) is -0.526. The molecule has 0 bridgehead atoms. The van der Waals surface area contributed by atoms with Gasteiger partial charge in [0, 0.05) is 19.5 Å². The summed E-state index contributed by atoms with van der Waals surface area (Å²) >= 11 is 7.60. The highest BCUT2D eigenvalue weighted by Gasteiger charge is 2.23. The molecule has 0 saturated heterocycles. The zero-order valence-corrected chi connectivity index (χ0v) is 18.6. The molecule has 2 aromatic carbocycles. The SMILES string of the molecule is CN(C)CCN(C(=O)CCS(=O)(=O)c1ccccc1)c1nc2c(Cl)cccc2s1. The first-order valence-electron chi connectivity index (χ1n) is 9.06. The van der Waals surface area contributed by atoms with Gasteiger partial charge in [-0.1, -0.05) is 47.2 Å². The predicted molar refractivity (Wildman–Crippen MR) is 119 cm³/mol. The molecule has 154 valence electrons. The molecule has 0 unspecified atom stereocenters. The molecule has 1 aromatic heterocycles. The Bertz CT molecular complexity index is 1100. The Morgan fingerprint density at radius 3 is 2.45 bits per heavy atom. The van der Waals surface area contributed by atoms with Crippen molar-refractivity contribution in [1.29, 1.82) is 0 Å². The fourth-order valence-electron chi connectivity index (χ4n) is 2.75. The third-order valence-electron chi connectivity index (χ3n) is 4.35. The highest BCUT2D eigenvalue weighted by Crippen LogP contribution is 2.33. The zero-order chi connectivity index (χ0) is 21.0. The van der Waals surface area contributed by atoms with Gasteiger partial charge in [0.2, 0.25) is 5.91 Å². The minimum Gasteiger partial charge on any atom is -0.308 e. The molecule has 1 amide bonds. The van der Waals surface area contributed by atoms with E-state index in [9.17, 15) is 13.2 Å². The number of sulfone groups is 1. The van der Waals surface area contributed by atoms with Gasteiger partial charge in [0.1, 0.15) is 5.52 Å². The number of benzene rings is 2. The second kappa shape index (κ2) is 9.21. The molecule has 3 rings (SSSR count). The van der Waals surface area contributed by atoms with E-state index in [1.807, 2.05) is 31.1 Å². The van der Waals surface area contributed by atoms with E-state index in [1.54, 1.807) is 41.3 Å². The smallest absolute Gasteiger partial charge is 0.229 e. The van der Waals surface area contributed by atoms with Crippen LogP contribution in [0.1, 0.15) is 6.42 Å². The molecule has 0 atom stereocenters. The molecule has 6 nitrogen and oxygen atoms in total. The molecule has 0 radical (unpaired) electrons. The van der Waals surface area contributed by atoms with E-state index in [0.29, 0.717) is 28.8 Å². The normalized spacial score (nSPS) is 11.9. The number of anilines is 1. The highest BCUT2D eigenvalue weighted by atomic mass is 35.5. The Balaban J connectivity index is 1.82. The summed E-state index contributed by atoms with van der Waals surface area (Å²) in [6, 6.07) is 13.7. The van der Waals surface area contributed by atoms with Crippen LogP contribution < -0.4 is 4.90 Å². The number of fused-ring (bicyclic) bond motifs is 1. The highest BCUT2D eigenvalue weighted by molar-refractivity contribution is 7.91. The molecular formula is C20H22ClN3O3S2. The molecule has 0 spiro atoms. The number of likely N-dealkylation sites (N-methyl/N-ethyl adjacent to an activating group) is 1. The van der Waals surface area contributed by atoms with E-state index < -0.39 is 9.84 Å². The summed E-state index contributed by atoms with van der Waals surface area (Å²) in [5.41, 5.74) is 0.647. The van der Waals surface area contributed by atoms with Gasteiger partial charge in [-0.2, -0.15) is 0 Å². The van der Waals surface area contributed by atoms with Crippen molar-refractivity contribution in [1.82, 2.24) is 9.88 Å². The van der Waals surface area contributed by atoms with Crippen molar-refractivity contribution >= 4 is 54.0 Å². The monoisotopic (exact) mass is 451 g/mol. The van der Waals surface area contributed by atoms with E-state index in [4.69, 9.17) is 11.6 Å². The first kappa shape index (κ1) is 21.7. The van der Waals surface area contributed by atoms with E-state index in [2.05, 4.69) is 4.98 Å². The maximum atomic E-state index is 13.0. The topological polar surface area (TPSA) is 70.6 Å². The average Bonchev–Trinajstić information content (AvgIpc) is 3.12. The third kappa shape index (κ3) is 5.33. The van der Waals surface area contributed by atoms with Gasteiger partial charge < -0.3 is 4.90 Å². The van der Waals surface area contributed by atoms with Crippen LogP contribution in [0.3, 0.4) is 0 Å². The van der Waals surface area contributed by atoms with E-state index in [1.165, 1.54) is 11.3 Å². The lowest BCUT2D eigenvalue weighted by molar-refractivity contribution is -0.118. The van der Waals surface area contributed by atoms with Crippen molar-refractivity contribution in [3.63, 3.8) is 0 Å². The summed E-state index contributed by atoms with van der Waals surface area (Å²) in [6.45, 7) is 1.04. The van der Waals surface area contributed by atoms with Crippen molar-refractivity contribution in [2.45, 2.75) is 11.3 Å². The Morgan fingerprint density at radius 1 is 1.07 bits per heavy atom. The van der Waals surface area contributed by atoms with Crippen LogP contribution in [-0.4, -0.2) is 57.1 Å². The van der Waals surface area contributed by atoms with Crippen molar-refractivity contribution in [2.24, 2.45) is 0 Å². The lowest BCUT2D eigenvalue weighted by Crippen LogP contribution is -2.37. The number of aromatic nitrogens is 1. The first-order valence-corrected chi connectivity index (χ1v) is 11.9. The molecule has 0 fully saturated rings. The number of nitrogens with zero attached hydrogens (tertiary/aromatic N) is 3. The molecule has 0 saturated carbocycles. The van der Waals surface area contributed by atoms with Gasteiger partial charge in [-0.25, -0.2) is 13.4 Å². The molecule has 0 aliphatic heterocycles. The zero-order valence-electron chi connectivity index (χ0n) is 16.2. The van der Waals surface area contributed by atoms with Crippen LogP contribution in [0.15, 0.2) is 53.4 Å². The number of halogens is 1. The van der Waals surface area contributed by atoms with E-state index >= 15 is 0 Å². The number of hydrogen-bond donors (Lipinski definition) is 0. The molecule has 29 heavy (non-hydrogen) atoms. The largest absolute Gasteiger partial charge is 0.308 e. The first-order chi connectivity index (χ1) is 13.8. The molecule has 0 aliphatic rings. The van der Waals surface area contributed by atoms with E-state index in [-0.39, 0.29) is 23.0 Å². The van der Waals surface area contributed by atoms with Gasteiger partial charge in [-0.3, -0.25) is 9.69 Å². The number of amides is 1. The quantitative estimate of drug-likeness (QED) is 0.522. The van der Waals surface area contributed by atoms with Gasteiger partial charge in [0.05, 0.1) is 20.4 Å². The van der Waals surface area contributed by atoms with Crippen molar-refractivity contribution < 1.29 is 13.2 Å². The van der Waals surface area contributed by atoms with Gasteiger partial charge in [0.25, 0.3) is 0 Å². The fraction of sp³-hybridized carbons (Fsp3) is 0.300. The number of hydrogen-bond acceptors (Lipinski definition) is 6. The summed E-state index contributed by atoms with van der Waals surface area (Å²) in [6.07, 6.45) is -0.117. The van der Waals surface area contributed by atoms with Crippen LogP contribution in [0.4, 0.5) is 5.13 Å². The van der Waals surface area contributed by atoms with Crippen LogP contribution >= 0.6 is 22.9 Å². The molecule has 0 aliphatic carbocycles. The molecule has 0 N–H and O–H groups in total. The van der Waals surface area contributed by atoms with Gasteiger partial charge >= 0.3 is 0 Å². The van der Waals surface area contributed by atoms with Gasteiger partial charge in [0.15, 0.2) is 15.0 Å². The second-order valence-electron chi connectivity index (χ2n) is 6.81. The summed E-state index contributed by atoms with van der Waals surface area (Å²) in [5, 5.41) is 1.05. The van der Waals surface area contributed by atoms with Gasteiger partial charge in [-0.05, 0) is 38.4 Å². The Labute approximate surface area is 179 Å². The van der Waals surface area contributed by atoms with E-state index in [0.717, 1.165) is 4.70 Å². The number of carbonyl (C=O) groups is 1. The second-order valence-corrected chi connectivity index (χ2v) is 10.3. The summed E-state index contributed by atoms with van der Waals surface area (Å²) in [4.78, 5) is 21.2. The maximum Gasteiger partial charge on any atom is 0.229 e. The summed E-state index contributed by atoms with van der Waals surface area (Å²) in [7, 11) is 0.299. The van der Waals surface area contributed by atoms with Gasteiger partial charge in [-0.15, -0.1) is 0 Å². The maximum absolute atomic E-state index is 13.0. The molecular weight excluding hydrogens is 430 g/mol. The van der Waals surface area contributed by atoms with Crippen molar-refractivity contribution in [3.05, 3.63) is 53.6 Å². The lowest BCUT2D eigenvalue weighted by Gasteiger charge is -2.22. The average molecular weight is 452 g/mol. The minimum absolute atomic E-state index is 0.117. The van der Waals surface area contributed by atoms with Crippen LogP contribution in [0, 0.1) is 0 Å². The predicted octanol–water partition coefficient (Wildman–Crippen LogP) is 3.71. The van der Waals surface area contributed by atoms with Crippen LogP contribution in [-0.2, 0) is 14.6 Å². The Kier molecular flexibility index (Phi) is 6.89. The molecule has 3 aromatic rings. The van der Waals surface area contributed by atoms with Crippen LogP contribution in [0.25, 0.3) is 10.2 Å². The van der Waals surface area contributed by atoms with Crippen LogP contribution in [0.2, 0.25) is 5.02 Å².